The van der Waals surface area contributed by atoms with Gasteiger partial charge >= 0.3 is 6.18 Å². The van der Waals surface area contributed by atoms with E-state index in [2.05, 4.69) is 5.32 Å². The van der Waals surface area contributed by atoms with Gasteiger partial charge in [-0.25, -0.2) is 0 Å². The number of halogens is 3. The van der Waals surface area contributed by atoms with Crippen LogP contribution < -0.4 is 5.32 Å². The number of nitrogens with one attached hydrogen (secondary N) is 1. The Morgan fingerprint density at radius 3 is 2.38 bits per heavy atom. The van der Waals surface area contributed by atoms with Gasteiger partial charge in [0, 0.05) is 26.6 Å². The lowest BCUT2D eigenvalue weighted by Gasteiger charge is -2.40. The molecule has 13 heavy (non-hydrogen) atoms. The van der Waals surface area contributed by atoms with Crippen LogP contribution in [0, 0.1) is 0 Å². The molecule has 0 spiro atoms. The minimum absolute atomic E-state index is 0. The molecule has 0 radical (unpaired) electrons. The minimum atomic E-state index is -4.05. The van der Waals surface area contributed by atoms with Crippen LogP contribution >= 0.6 is 0 Å². The zero-order valence-electron chi connectivity index (χ0n) is 7.86. The van der Waals surface area contributed by atoms with Crippen LogP contribution in [0.5, 0.6) is 0 Å². The molecule has 80 valence electrons. The molecular formula is C8H17F3N2. The molecule has 0 unspecified atom stereocenters. The second-order valence-electron chi connectivity index (χ2n) is 3.83. The Kier molecular flexibility index (Phi) is 3.18. The first-order chi connectivity index (χ1) is 5.87. The monoisotopic (exact) mass is 198 g/mol. The molecule has 1 aliphatic rings. The molecule has 0 aliphatic carbocycles. The maximum Gasteiger partial charge on any atom is 0.401 e. The van der Waals surface area contributed by atoms with Crippen molar-refractivity contribution in [2.75, 3.05) is 19.6 Å². The third-order valence-corrected chi connectivity index (χ3v) is 1.93. The second kappa shape index (κ2) is 3.84. The van der Waals surface area contributed by atoms with Gasteiger partial charge in [-0.3, -0.25) is 4.90 Å². The quantitative estimate of drug-likeness (QED) is 0.739. The summed E-state index contributed by atoms with van der Waals surface area (Å²) >= 11 is 0. The van der Waals surface area contributed by atoms with Gasteiger partial charge in [-0.15, -0.1) is 0 Å². The number of likely N-dealkylation sites (tertiary alicyclic amines) is 1. The Bertz CT molecular complexity index is 166. The zero-order chi connectivity index (χ0) is 10.1. The fourth-order valence-corrected chi connectivity index (χ4v) is 1.53. The average Bonchev–Trinajstić information content (AvgIpc) is 1.78. The Labute approximate surface area is 77.6 Å². The molecule has 1 saturated heterocycles. The summed E-state index contributed by atoms with van der Waals surface area (Å²) in [7, 11) is 0. The smallest absolute Gasteiger partial charge is 0.309 e. The second-order valence-corrected chi connectivity index (χ2v) is 3.83. The lowest BCUT2D eigenvalue weighted by Crippen LogP contribution is -2.61. The summed E-state index contributed by atoms with van der Waals surface area (Å²) in [4.78, 5) is 1.40. The van der Waals surface area contributed by atoms with Gasteiger partial charge in [-0.1, -0.05) is 13.8 Å². The third kappa shape index (κ3) is 3.95. The van der Waals surface area contributed by atoms with E-state index in [4.69, 9.17) is 0 Å². The summed E-state index contributed by atoms with van der Waals surface area (Å²) in [6, 6.07) is 0.584. The van der Waals surface area contributed by atoms with Crippen molar-refractivity contribution in [1.82, 2.24) is 10.2 Å². The van der Waals surface area contributed by atoms with Crippen LogP contribution in [0.4, 0.5) is 13.2 Å². The number of nitrogens with zero attached hydrogens (tertiary/aromatic N) is 1. The molecule has 0 aromatic heterocycles. The van der Waals surface area contributed by atoms with E-state index in [0.29, 0.717) is 19.1 Å². The molecule has 1 aliphatic heterocycles. The predicted octanol–water partition coefficient (Wildman–Crippen LogP) is 1.48. The van der Waals surface area contributed by atoms with Crippen molar-refractivity contribution in [2.24, 2.45) is 0 Å². The van der Waals surface area contributed by atoms with Crippen LogP contribution in [-0.2, 0) is 0 Å². The highest BCUT2D eigenvalue weighted by Crippen LogP contribution is 2.20. The first kappa shape index (κ1) is 10.8. The molecule has 1 N–H and O–H groups in total. The number of hydrogen-bond donors (Lipinski definition) is 1. The molecule has 1 rings (SSSR count). The van der Waals surface area contributed by atoms with E-state index in [1.165, 1.54) is 4.90 Å². The van der Waals surface area contributed by atoms with Crippen LogP contribution in [0.25, 0.3) is 0 Å². The van der Waals surface area contributed by atoms with E-state index in [1.807, 2.05) is 13.8 Å². The summed E-state index contributed by atoms with van der Waals surface area (Å²) in [5.74, 6) is 0. The molecule has 2 nitrogen and oxygen atoms in total. The van der Waals surface area contributed by atoms with Gasteiger partial charge in [0.2, 0.25) is 0 Å². The van der Waals surface area contributed by atoms with Crippen molar-refractivity contribution in [2.45, 2.75) is 32.1 Å². The molecule has 0 bridgehead atoms. The largest absolute Gasteiger partial charge is 0.401 e. The lowest BCUT2D eigenvalue weighted by atomic mass is 10.1. The maximum absolute atomic E-state index is 11.9. The van der Waals surface area contributed by atoms with Gasteiger partial charge in [0.05, 0.1) is 6.54 Å². The Morgan fingerprint density at radius 1 is 1.46 bits per heavy atom. The standard InChI is InChI=1S/C8H15F3N2.H2/c1-6(2)12-7-3-13(4-7)5-8(9,10)11;/h6-7,12H,3-5H2,1-2H3;1H. The van der Waals surface area contributed by atoms with E-state index in [0.717, 1.165) is 0 Å². The summed E-state index contributed by atoms with van der Waals surface area (Å²) < 4.78 is 35.6. The molecule has 0 aromatic rings. The fourth-order valence-electron chi connectivity index (χ4n) is 1.53. The Balaban J connectivity index is 0.00000169. The topological polar surface area (TPSA) is 15.3 Å². The molecule has 5 heteroatoms. The Hall–Kier alpha value is -0.290. The molecule has 1 fully saturated rings. The highest BCUT2D eigenvalue weighted by Gasteiger charge is 2.36. The highest BCUT2D eigenvalue weighted by molar-refractivity contribution is 4.87. The van der Waals surface area contributed by atoms with Gasteiger partial charge in [0.25, 0.3) is 0 Å². The van der Waals surface area contributed by atoms with E-state index in [-0.39, 0.29) is 7.47 Å². The van der Waals surface area contributed by atoms with Gasteiger partial charge in [0.1, 0.15) is 0 Å². The van der Waals surface area contributed by atoms with Crippen molar-refractivity contribution in [3.63, 3.8) is 0 Å². The maximum atomic E-state index is 11.9. The molecular weight excluding hydrogens is 181 g/mol. The van der Waals surface area contributed by atoms with Gasteiger partial charge in [0.15, 0.2) is 0 Å². The normalized spacial score (nSPS) is 20.8. The first-order valence-corrected chi connectivity index (χ1v) is 4.42. The van der Waals surface area contributed by atoms with Crippen LogP contribution in [0.1, 0.15) is 15.3 Å². The Morgan fingerprint density at radius 2 is 2.00 bits per heavy atom. The molecule has 1 heterocycles. The van der Waals surface area contributed by atoms with E-state index >= 15 is 0 Å². The zero-order valence-corrected chi connectivity index (χ0v) is 7.86. The first-order valence-electron chi connectivity index (χ1n) is 4.42. The van der Waals surface area contributed by atoms with Crippen LogP contribution in [0.3, 0.4) is 0 Å². The molecule has 0 aromatic carbocycles. The number of alkyl halides is 3. The van der Waals surface area contributed by atoms with Crippen LogP contribution in [0.15, 0.2) is 0 Å². The van der Waals surface area contributed by atoms with Gasteiger partial charge < -0.3 is 5.32 Å². The van der Waals surface area contributed by atoms with Crippen LogP contribution in [0.2, 0.25) is 0 Å². The molecule has 0 saturated carbocycles. The summed E-state index contributed by atoms with van der Waals surface area (Å²) in [6.45, 7) is 4.23. The lowest BCUT2D eigenvalue weighted by molar-refractivity contribution is -0.155. The third-order valence-electron chi connectivity index (χ3n) is 1.93. The van der Waals surface area contributed by atoms with Crippen molar-refractivity contribution in [3.8, 4) is 0 Å². The summed E-state index contributed by atoms with van der Waals surface area (Å²) in [5, 5.41) is 3.19. The van der Waals surface area contributed by atoms with E-state index in [9.17, 15) is 13.2 Å². The predicted molar refractivity (Wildman–Crippen MR) is 46.7 cm³/mol. The van der Waals surface area contributed by atoms with Crippen molar-refractivity contribution in [1.29, 1.82) is 0 Å². The minimum Gasteiger partial charge on any atom is -0.309 e. The number of rotatable bonds is 3. The SMILES string of the molecule is CC(C)NC1CN(CC(F)(F)F)C1.[HH]. The van der Waals surface area contributed by atoms with Crippen molar-refractivity contribution in [3.05, 3.63) is 0 Å². The van der Waals surface area contributed by atoms with E-state index in [1.54, 1.807) is 0 Å². The van der Waals surface area contributed by atoms with Crippen LogP contribution in [-0.4, -0.2) is 42.8 Å². The fraction of sp³-hybridized carbons (Fsp3) is 1.00. The molecule has 0 atom stereocenters. The average molecular weight is 198 g/mol. The summed E-state index contributed by atoms with van der Waals surface area (Å²) in [6.07, 6.45) is -4.05. The summed E-state index contributed by atoms with van der Waals surface area (Å²) in [5.41, 5.74) is 0. The van der Waals surface area contributed by atoms with E-state index < -0.39 is 12.7 Å². The number of hydrogen-bond acceptors (Lipinski definition) is 2. The van der Waals surface area contributed by atoms with Crippen molar-refractivity contribution < 1.29 is 14.6 Å². The van der Waals surface area contributed by atoms with Crippen molar-refractivity contribution >= 4 is 0 Å². The van der Waals surface area contributed by atoms with Gasteiger partial charge in [-0.2, -0.15) is 13.2 Å². The molecule has 0 amide bonds. The van der Waals surface area contributed by atoms with Gasteiger partial charge in [-0.05, 0) is 0 Å². The highest BCUT2D eigenvalue weighted by atomic mass is 19.4.